The van der Waals surface area contributed by atoms with E-state index in [2.05, 4.69) is 24.8 Å². The maximum absolute atomic E-state index is 12.7. The van der Waals surface area contributed by atoms with Crippen molar-refractivity contribution in [2.24, 2.45) is 0 Å². The number of likely N-dealkylation sites (tertiary alicyclic amines) is 1. The summed E-state index contributed by atoms with van der Waals surface area (Å²) in [6, 6.07) is 8.07. The van der Waals surface area contributed by atoms with Gasteiger partial charge in [0.15, 0.2) is 0 Å². The summed E-state index contributed by atoms with van der Waals surface area (Å²) in [7, 11) is 0. The number of carbonyl (C=O) groups is 1. The number of rotatable bonds is 3. The summed E-state index contributed by atoms with van der Waals surface area (Å²) in [6.07, 6.45) is 3.57. The molecule has 2 saturated heterocycles. The van der Waals surface area contributed by atoms with Crippen LogP contribution in [0.25, 0.3) is 10.2 Å². The Balaban J connectivity index is 1.16. The minimum Gasteiger partial charge on any atom is -0.338 e. The Morgan fingerprint density at radius 1 is 1.04 bits per heavy atom. The van der Waals surface area contributed by atoms with Crippen LogP contribution in [0.4, 0.5) is 5.95 Å². The Morgan fingerprint density at radius 3 is 2.59 bits per heavy atom. The zero-order valence-electron chi connectivity index (χ0n) is 14.9. The summed E-state index contributed by atoms with van der Waals surface area (Å²) >= 11 is 1.57. The highest BCUT2D eigenvalue weighted by Crippen LogP contribution is 2.23. The quantitative estimate of drug-likeness (QED) is 0.690. The summed E-state index contributed by atoms with van der Waals surface area (Å²) in [6.45, 7) is 5.44. The number of aromatic nitrogens is 3. The molecule has 27 heavy (non-hydrogen) atoms. The minimum atomic E-state index is 0.123. The fraction of sp³-hybridized carbons (Fsp3) is 0.368. The second-order valence-corrected chi connectivity index (χ2v) is 7.86. The number of fused-ring (bicyclic) bond motifs is 1. The molecule has 5 rings (SSSR count). The van der Waals surface area contributed by atoms with Crippen LogP contribution in [0.5, 0.6) is 0 Å². The standard InChI is InChI=1S/C19H20N6OS/c26-18(14-2-3-16-17(10-14)27-13-22-16)25-11-15(12-25)23-6-8-24(9-7-23)19-20-4-1-5-21-19/h1-5,10,13,15H,6-9,11-12H2. The molecule has 0 unspecified atom stereocenters. The van der Waals surface area contributed by atoms with Crippen LogP contribution in [0, 0.1) is 0 Å². The number of nitrogens with zero attached hydrogens (tertiary/aromatic N) is 6. The fourth-order valence-electron chi connectivity index (χ4n) is 3.76. The Kier molecular flexibility index (Phi) is 4.21. The van der Waals surface area contributed by atoms with Crippen LogP contribution in [0.2, 0.25) is 0 Å². The molecule has 1 aromatic carbocycles. The molecule has 4 heterocycles. The molecule has 0 bridgehead atoms. The highest BCUT2D eigenvalue weighted by Gasteiger charge is 2.36. The average molecular weight is 380 g/mol. The molecule has 8 heteroatoms. The Morgan fingerprint density at radius 2 is 1.81 bits per heavy atom. The zero-order chi connectivity index (χ0) is 18.2. The van der Waals surface area contributed by atoms with Crippen molar-refractivity contribution in [2.45, 2.75) is 6.04 Å². The van der Waals surface area contributed by atoms with E-state index in [0.717, 1.165) is 61.0 Å². The predicted octanol–water partition coefficient (Wildman–Crippen LogP) is 1.73. The molecule has 0 aliphatic carbocycles. The summed E-state index contributed by atoms with van der Waals surface area (Å²) in [5, 5.41) is 0. The van der Waals surface area contributed by atoms with Crippen molar-refractivity contribution >= 4 is 33.4 Å². The van der Waals surface area contributed by atoms with Crippen molar-refractivity contribution in [3.05, 3.63) is 47.7 Å². The van der Waals surface area contributed by atoms with Crippen LogP contribution >= 0.6 is 11.3 Å². The van der Waals surface area contributed by atoms with E-state index in [9.17, 15) is 4.79 Å². The number of thiazole rings is 1. The third kappa shape index (κ3) is 3.15. The molecule has 0 atom stereocenters. The van der Waals surface area contributed by atoms with E-state index in [1.54, 1.807) is 23.7 Å². The van der Waals surface area contributed by atoms with E-state index in [1.807, 2.05) is 34.7 Å². The van der Waals surface area contributed by atoms with Crippen molar-refractivity contribution in [2.75, 3.05) is 44.2 Å². The second-order valence-electron chi connectivity index (χ2n) is 6.97. The number of hydrogen-bond donors (Lipinski definition) is 0. The summed E-state index contributed by atoms with van der Waals surface area (Å²) in [4.78, 5) is 32.3. The first-order valence-corrected chi connectivity index (χ1v) is 10.0. The molecule has 0 N–H and O–H groups in total. The SMILES string of the molecule is O=C(c1ccc2ncsc2c1)N1CC(N2CCN(c3ncccn3)CC2)C1. The third-order valence-electron chi connectivity index (χ3n) is 5.39. The van der Waals surface area contributed by atoms with E-state index < -0.39 is 0 Å². The molecule has 2 fully saturated rings. The number of piperazine rings is 1. The smallest absolute Gasteiger partial charge is 0.254 e. The maximum atomic E-state index is 12.7. The fourth-order valence-corrected chi connectivity index (χ4v) is 4.48. The van der Waals surface area contributed by atoms with Crippen molar-refractivity contribution < 1.29 is 4.79 Å². The molecule has 2 aliphatic rings. The first kappa shape index (κ1) is 16.6. The molecule has 1 amide bonds. The molecule has 3 aromatic rings. The van der Waals surface area contributed by atoms with Crippen molar-refractivity contribution in [3.63, 3.8) is 0 Å². The summed E-state index contributed by atoms with van der Waals surface area (Å²) < 4.78 is 1.07. The maximum Gasteiger partial charge on any atom is 0.254 e. The molecule has 138 valence electrons. The molecular weight excluding hydrogens is 360 g/mol. The molecule has 2 aromatic heterocycles. The van der Waals surface area contributed by atoms with Gasteiger partial charge in [0, 0.05) is 63.3 Å². The lowest BCUT2D eigenvalue weighted by molar-refractivity contribution is 0.0246. The molecule has 0 saturated carbocycles. The van der Waals surface area contributed by atoms with Gasteiger partial charge in [-0.15, -0.1) is 11.3 Å². The van der Waals surface area contributed by atoms with E-state index in [-0.39, 0.29) is 5.91 Å². The molecule has 0 radical (unpaired) electrons. The zero-order valence-corrected chi connectivity index (χ0v) is 15.7. The van der Waals surface area contributed by atoms with Gasteiger partial charge in [0.05, 0.1) is 15.7 Å². The lowest BCUT2D eigenvalue weighted by Gasteiger charge is -2.48. The highest BCUT2D eigenvalue weighted by molar-refractivity contribution is 7.16. The van der Waals surface area contributed by atoms with Gasteiger partial charge in [0.1, 0.15) is 0 Å². The number of anilines is 1. The largest absolute Gasteiger partial charge is 0.338 e. The Labute approximate surface area is 161 Å². The average Bonchev–Trinajstić information content (AvgIpc) is 3.16. The third-order valence-corrected chi connectivity index (χ3v) is 6.19. The van der Waals surface area contributed by atoms with Gasteiger partial charge < -0.3 is 9.80 Å². The van der Waals surface area contributed by atoms with Crippen molar-refractivity contribution in [3.8, 4) is 0 Å². The predicted molar refractivity (Wildman–Crippen MR) is 105 cm³/mol. The first-order valence-electron chi connectivity index (χ1n) is 9.16. The molecular formula is C19H20N6OS. The molecule has 0 spiro atoms. The number of hydrogen-bond acceptors (Lipinski definition) is 7. The summed E-state index contributed by atoms with van der Waals surface area (Å²) in [5.74, 6) is 0.930. The number of benzene rings is 1. The van der Waals surface area contributed by atoms with E-state index in [1.165, 1.54) is 0 Å². The van der Waals surface area contributed by atoms with Gasteiger partial charge in [-0.2, -0.15) is 0 Å². The van der Waals surface area contributed by atoms with Crippen molar-refractivity contribution in [1.29, 1.82) is 0 Å². The highest BCUT2D eigenvalue weighted by atomic mass is 32.1. The van der Waals surface area contributed by atoms with Crippen LogP contribution in [0.1, 0.15) is 10.4 Å². The normalized spacial score (nSPS) is 18.7. The van der Waals surface area contributed by atoms with Crippen molar-refractivity contribution in [1.82, 2.24) is 24.8 Å². The van der Waals surface area contributed by atoms with Gasteiger partial charge >= 0.3 is 0 Å². The molecule has 7 nitrogen and oxygen atoms in total. The van der Waals surface area contributed by atoms with Gasteiger partial charge in [0.2, 0.25) is 5.95 Å². The van der Waals surface area contributed by atoms with Gasteiger partial charge in [-0.05, 0) is 24.3 Å². The Bertz CT molecular complexity index is 947. The van der Waals surface area contributed by atoms with E-state index >= 15 is 0 Å². The van der Waals surface area contributed by atoms with E-state index in [0.29, 0.717) is 6.04 Å². The monoisotopic (exact) mass is 380 g/mol. The topological polar surface area (TPSA) is 65.5 Å². The van der Waals surface area contributed by atoms with Gasteiger partial charge in [-0.3, -0.25) is 9.69 Å². The van der Waals surface area contributed by atoms with Crippen LogP contribution < -0.4 is 4.90 Å². The van der Waals surface area contributed by atoms with Crippen LogP contribution in [-0.2, 0) is 0 Å². The van der Waals surface area contributed by atoms with Gasteiger partial charge in [-0.25, -0.2) is 15.0 Å². The Hall–Kier alpha value is -2.58. The number of amides is 1. The minimum absolute atomic E-state index is 0.123. The first-order chi connectivity index (χ1) is 13.3. The van der Waals surface area contributed by atoms with E-state index in [4.69, 9.17) is 0 Å². The lowest BCUT2D eigenvalue weighted by Crippen LogP contribution is -2.64. The molecule has 2 aliphatic heterocycles. The van der Waals surface area contributed by atoms with Gasteiger partial charge in [0.25, 0.3) is 5.91 Å². The van der Waals surface area contributed by atoms with Crippen LogP contribution in [0.15, 0.2) is 42.2 Å². The summed E-state index contributed by atoms with van der Waals surface area (Å²) in [5.41, 5.74) is 3.54. The van der Waals surface area contributed by atoms with Crippen LogP contribution in [-0.4, -0.2) is 76.0 Å². The lowest BCUT2D eigenvalue weighted by atomic mass is 10.0. The second kappa shape index (κ2) is 6.86. The number of carbonyl (C=O) groups excluding carboxylic acids is 1. The van der Waals surface area contributed by atoms with Crippen LogP contribution in [0.3, 0.4) is 0 Å². The van der Waals surface area contributed by atoms with Gasteiger partial charge in [-0.1, -0.05) is 0 Å².